The molecule has 0 saturated heterocycles. The van der Waals surface area contributed by atoms with Crippen LogP contribution in [0.5, 0.6) is 5.75 Å². The van der Waals surface area contributed by atoms with Gasteiger partial charge in [0, 0.05) is 24.1 Å². The van der Waals surface area contributed by atoms with E-state index in [1.54, 1.807) is 7.11 Å². The van der Waals surface area contributed by atoms with Gasteiger partial charge in [-0.15, -0.1) is 0 Å². The SMILES string of the molecule is COc1ccc(CNCc2ccccc2C#CC(C)(C)C)cc1. The molecule has 0 aliphatic rings. The van der Waals surface area contributed by atoms with Crippen LogP contribution < -0.4 is 10.1 Å². The third kappa shape index (κ3) is 5.81. The minimum absolute atomic E-state index is 0.0175. The Balaban J connectivity index is 1.98. The van der Waals surface area contributed by atoms with E-state index < -0.39 is 0 Å². The number of benzene rings is 2. The van der Waals surface area contributed by atoms with Crippen LogP contribution in [0.3, 0.4) is 0 Å². The molecule has 120 valence electrons. The van der Waals surface area contributed by atoms with E-state index in [0.29, 0.717) is 0 Å². The molecule has 0 bridgehead atoms. The smallest absolute Gasteiger partial charge is 0.118 e. The van der Waals surface area contributed by atoms with Gasteiger partial charge in [0.15, 0.2) is 0 Å². The van der Waals surface area contributed by atoms with E-state index in [4.69, 9.17) is 4.74 Å². The average Bonchev–Trinajstić information content (AvgIpc) is 2.54. The summed E-state index contributed by atoms with van der Waals surface area (Å²) < 4.78 is 5.18. The molecule has 0 radical (unpaired) electrons. The zero-order valence-corrected chi connectivity index (χ0v) is 14.4. The molecule has 2 nitrogen and oxygen atoms in total. The highest BCUT2D eigenvalue weighted by molar-refractivity contribution is 5.42. The van der Waals surface area contributed by atoms with Crippen LogP contribution in [0.1, 0.15) is 37.5 Å². The molecule has 0 heterocycles. The van der Waals surface area contributed by atoms with Gasteiger partial charge in [-0.25, -0.2) is 0 Å². The van der Waals surface area contributed by atoms with Crippen LogP contribution in [0, 0.1) is 17.3 Å². The average molecular weight is 307 g/mol. The van der Waals surface area contributed by atoms with Crippen molar-refractivity contribution in [3.05, 3.63) is 65.2 Å². The first-order valence-corrected chi connectivity index (χ1v) is 7.93. The summed E-state index contributed by atoms with van der Waals surface area (Å²) in [5, 5.41) is 3.48. The van der Waals surface area contributed by atoms with Crippen molar-refractivity contribution in [1.82, 2.24) is 5.32 Å². The summed E-state index contributed by atoms with van der Waals surface area (Å²) in [6, 6.07) is 16.5. The van der Waals surface area contributed by atoms with E-state index >= 15 is 0 Å². The zero-order chi connectivity index (χ0) is 16.7. The topological polar surface area (TPSA) is 21.3 Å². The summed E-state index contributed by atoms with van der Waals surface area (Å²) in [5.41, 5.74) is 3.59. The minimum Gasteiger partial charge on any atom is -0.497 e. The van der Waals surface area contributed by atoms with Crippen LogP contribution in [0.2, 0.25) is 0 Å². The fourth-order valence-electron chi connectivity index (χ4n) is 2.14. The number of nitrogens with one attached hydrogen (secondary N) is 1. The number of methoxy groups -OCH3 is 1. The quantitative estimate of drug-likeness (QED) is 0.828. The van der Waals surface area contributed by atoms with E-state index in [-0.39, 0.29) is 5.41 Å². The molecule has 0 amide bonds. The maximum atomic E-state index is 5.18. The predicted octanol–water partition coefficient (Wildman–Crippen LogP) is 4.38. The monoisotopic (exact) mass is 307 g/mol. The molecule has 2 aromatic rings. The van der Waals surface area contributed by atoms with Crippen LogP contribution in [-0.2, 0) is 13.1 Å². The minimum atomic E-state index is 0.0175. The predicted molar refractivity (Wildman–Crippen MR) is 96.3 cm³/mol. The lowest BCUT2D eigenvalue weighted by Gasteiger charge is -2.10. The van der Waals surface area contributed by atoms with Gasteiger partial charge in [0.2, 0.25) is 0 Å². The molecule has 2 heteroatoms. The fourth-order valence-corrected chi connectivity index (χ4v) is 2.14. The number of hydrogen-bond donors (Lipinski definition) is 1. The summed E-state index contributed by atoms with van der Waals surface area (Å²) in [7, 11) is 1.68. The Kier molecular flexibility index (Phi) is 5.84. The molecule has 0 unspecified atom stereocenters. The molecule has 0 aliphatic heterocycles. The molecular weight excluding hydrogens is 282 g/mol. The Labute approximate surface area is 139 Å². The van der Waals surface area contributed by atoms with Gasteiger partial charge in [0.25, 0.3) is 0 Å². The van der Waals surface area contributed by atoms with Gasteiger partial charge in [-0.3, -0.25) is 0 Å². The van der Waals surface area contributed by atoms with Crippen LogP contribution in [-0.4, -0.2) is 7.11 Å². The Morgan fingerprint density at radius 3 is 2.30 bits per heavy atom. The van der Waals surface area contributed by atoms with Gasteiger partial charge in [0.05, 0.1) is 7.11 Å². The summed E-state index contributed by atoms with van der Waals surface area (Å²) in [6.07, 6.45) is 0. The molecule has 0 aromatic heterocycles. The van der Waals surface area contributed by atoms with E-state index in [1.165, 1.54) is 11.1 Å². The lowest BCUT2D eigenvalue weighted by Crippen LogP contribution is -2.13. The van der Waals surface area contributed by atoms with E-state index in [9.17, 15) is 0 Å². The maximum absolute atomic E-state index is 5.18. The summed E-state index contributed by atoms with van der Waals surface area (Å²) in [6.45, 7) is 8.02. The second kappa shape index (κ2) is 7.85. The third-order valence-electron chi connectivity index (χ3n) is 3.39. The number of ether oxygens (including phenoxy) is 1. The molecule has 0 saturated carbocycles. The van der Waals surface area contributed by atoms with Gasteiger partial charge in [-0.2, -0.15) is 0 Å². The molecular formula is C21H25NO. The van der Waals surface area contributed by atoms with Crippen molar-refractivity contribution in [2.75, 3.05) is 7.11 Å². The van der Waals surface area contributed by atoms with Crippen LogP contribution in [0.4, 0.5) is 0 Å². The van der Waals surface area contributed by atoms with Crippen LogP contribution in [0.15, 0.2) is 48.5 Å². The van der Waals surface area contributed by atoms with Gasteiger partial charge in [-0.05, 0) is 50.1 Å². The van der Waals surface area contributed by atoms with E-state index in [1.807, 2.05) is 18.2 Å². The molecule has 2 rings (SSSR count). The molecule has 2 aromatic carbocycles. The van der Waals surface area contributed by atoms with Gasteiger partial charge in [-0.1, -0.05) is 42.2 Å². The standard InChI is InChI=1S/C21H25NO/c1-21(2,3)14-13-18-7-5-6-8-19(18)16-22-15-17-9-11-20(23-4)12-10-17/h5-12,22H,15-16H2,1-4H3. The normalized spacial score (nSPS) is 10.8. The highest BCUT2D eigenvalue weighted by Gasteiger charge is 2.05. The lowest BCUT2D eigenvalue weighted by molar-refractivity contribution is 0.414. The molecule has 1 N–H and O–H groups in total. The second-order valence-electron chi connectivity index (χ2n) is 6.61. The number of rotatable bonds is 5. The molecule has 0 aliphatic carbocycles. The maximum Gasteiger partial charge on any atom is 0.118 e. The largest absolute Gasteiger partial charge is 0.497 e. The van der Waals surface area contributed by atoms with Crippen molar-refractivity contribution in [2.45, 2.75) is 33.9 Å². The van der Waals surface area contributed by atoms with Gasteiger partial charge < -0.3 is 10.1 Å². The first kappa shape index (κ1) is 17.1. The van der Waals surface area contributed by atoms with Crippen LogP contribution in [0.25, 0.3) is 0 Å². The van der Waals surface area contributed by atoms with Crippen molar-refractivity contribution < 1.29 is 4.74 Å². The fraction of sp³-hybridized carbons (Fsp3) is 0.333. The van der Waals surface area contributed by atoms with Crippen LogP contribution >= 0.6 is 0 Å². The Bertz CT molecular complexity index is 684. The Morgan fingerprint density at radius 2 is 1.65 bits per heavy atom. The first-order chi connectivity index (χ1) is 11.0. The molecule has 23 heavy (non-hydrogen) atoms. The Hall–Kier alpha value is -2.24. The highest BCUT2D eigenvalue weighted by atomic mass is 16.5. The summed E-state index contributed by atoms with van der Waals surface area (Å²) in [4.78, 5) is 0. The van der Waals surface area contributed by atoms with Crippen molar-refractivity contribution in [1.29, 1.82) is 0 Å². The van der Waals surface area contributed by atoms with E-state index in [2.05, 4.69) is 68.3 Å². The van der Waals surface area contributed by atoms with Crippen molar-refractivity contribution >= 4 is 0 Å². The van der Waals surface area contributed by atoms with Gasteiger partial charge >= 0.3 is 0 Å². The third-order valence-corrected chi connectivity index (χ3v) is 3.39. The highest BCUT2D eigenvalue weighted by Crippen LogP contribution is 2.14. The van der Waals surface area contributed by atoms with Crippen molar-refractivity contribution in [2.24, 2.45) is 5.41 Å². The summed E-state index contributed by atoms with van der Waals surface area (Å²) in [5.74, 6) is 7.50. The molecule has 0 atom stereocenters. The van der Waals surface area contributed by atoms with E-state index in [0.717, 1.165) is 24.4 Å². The Morgan fingerprint density at radius 1 is 0.957 bits per heavy atom. The number of hydrogen-bond acceptors (Lipinski definition) is 2. The van der Waals surface area contributed by atoms with Crippen molar-refractivity contribution in [3.63, 3.8) is 0 Å². The molecule has 0 spiro atoms. The lowest BCUT2D eigenvalue weighted by atomic mass is 9.96. The van der Waals surface area contributed by atoms with Crippen molar-refractivity contribution in [3.8, 4) is 17.6 Å². The zero-order valence-electron chi connectivity index (χ0n) is 14.4. The van der Waals surface area contributed by atoms with Gasteiger partial charge in [0.1, 0.15) is 5.75 Å². The summed E-state index contributed by atoms with van der Waals surface area (Å²) >= 11 is 0. The molecule has 0 fully saturated rings. The second-order valence-corrected chi connectivity index (χ2v) is 6.61. The first-order valence-electron chi connectivity index (χ1n) is 7.93.